The Morgan fingerprint density at radius 3 is 2.00 bits per heavy atom. The minimum atomic E-state index is -5.06. The number of hydrogen-bond donors (Lipinski definition) is 1. The van der Waals surface area contributed by atoms with E-state index in [1.807, 2.05) is 6.07 Å². The third kappa shape index (κ3) is 5.40. The van der Waals surface area contributed by atoms with E-state index in [0.29, 0.717) is 11.1 Å². The number of carbonyl (C=O) groups is 1. The normalized spacial score (nSPS) is 13.9. The van der Waals surface area contributed by atoms with E-state index in [0.717, 1.165) is 0 Å². The first kappa shape index (κ1) is 28.3. The fourth-order valence-electron chi connectivity index (χ4n) is 4.14. The summed E-state index contributed by atoms with van der Waals surface area (Å²) >= 11 is 12.5. The van der Waals surface area contributed by atoms with Crippen LogP contribution in [0.3, 0.4) is 0 Å². The van der Waals surface area contributed by atoms with Crippen LogP contribution in [0.5, 0.6) is 11.5 Å². The largest absolute Gasteiger partial charge is 0.465 e. The molecule has 0 spiro atoms. The molecule has 0 aromatic heterocycles. The van der Waals surface area contributed by atoms with Crippen LogP contribution in [0.2, 0.25) is 10.0 Å². The van der Waals surface area contributed by atoms with Crippen LogP contribution in [0.25, 0.3) is 0 Å². The molecule has 0 aliphatic carbocycles. The van der Waals surface area contributed by atoms with Gasteiger partial charge in [-0.3, -0.25) is 0 Å². The molecule has 2 atom stereocenters. The molecule has 3 aromatic carbocycles. The number of rotatable bonds is 6. The number of nitriles is 1. The van der Waals surface area contributed by atoms with Gasteiger partial charge in [0, 0.05) is 17.0 Å². The zero-order valence-electron chi connectivity index (χ0n) is 20.2. The second-order valence-electron chi connectivity index (χ2n) is 8.50. The standard InChI is InChI=1S/C27H22Cl2F3NO4/c1-14-9-17(10-15(2)22(14)13-33)26(35,27(30,31)32)16(3)20-7-5-18(11-23(20)28)37-19-6-8-21(24(29)12-19)25(34)36-4/h5-12,16,35H,1-4H3/t16-,26-/m0/s1. The molecule has 3 rings (SSSR count). The summed E-state index contributed by atoms with van der Waals surface area (Å²) < 4.78 is 53.5. The molecule has 1 N–H and O–H groups in total. The van der Waals surface area contributed by atoms with E-state index in [-0.39, 0.29) is 38.2 Å². The summed E-state index contributed by atoms with van der Waals surface area (Å²) in [5.41, 5.74) is -2.62. The van der Waals surface area contributed by atoms with Crippen LogP contribution in [0.4, 0.5) is 13.2 Å². The van der Waals surface area contributed by atoms with Crippen molar-refractivity contribution in [3.8, 4) is 17.6 Å². The highest BCUT2D eigenvalue weighted by molar-refractivity contribution is 6.33. The fraction of sp³-hybridized carbons (Fsp3) is 0.259. The Hall–Kier alpha value is -3.25. The Morgan fingerprint density at radius 1 is 1.00 bits per heavy atom. The highest BCUT2D eigenvalue weighted by Gasteiger charge is 2.59. The summed E-state index contributed by atoms with van der Waals surface area (Å²) in [7, 11) is 1.22. The lowest BCUT2D eigenvalue weighted by Crippen LogP contribution is -2.46. The van der Waals surface area contributed by atoms with Crippen molar-refractivity contribution in [3.05, 3.63) is 92.0 Å². The summed E-state index contributed by atoms with van der Waals surface area (Å²) in [5, 5.41) is 20.5. The number of methoxy groups -OCH3 is 1. The smallest absolute Gasteiger partial charge is 0.422 e. The van der Waals surface area contributed by atoms with Crippen molar-refractivity contribution in [2.24, 2.45) is 0 Å². The summed E-state index contributed by atoms with van der Waals surface area (Å²) in [5.74, 6) is -1.69. The first-order chi connectivity index (χ1) is 17.2. The lowest BCUT2D eigenvalue weighted by Gasteiger charge is -2.37. The number of ether oxygens (including phenoxy) is 2. The van der Waals surface area contributed by atoms with Gasteiger partial charge < -0.3 is 14.6 Å². The van der Waals surface area contributed by atoms with Crippen molar-refractivity contribution in [3.63, 3.8) is 0 Å². The average molecular weight is 552 g/mol. The van der Waals surface area contributed by atoms with Gasteiger partial charge in [0.15, 0.2) is 5.60 Å². The number of alkyl halides is 3. The quantitative estimate of drug-likeness (QED) is 0.319. The fourth-order valence-corrected chi connectivity index (χ4v) is 4.72. The Morgan fingerprint density at radius 2 is 1.54 bits per heavy atom. The van der Waals surface area contributed by atoms with Crippen LogP contribution in [0, 0.1) is 25.2 Å². The van der Waals surface area contributed by atoms with Crippen LogP contribution in [0.15, 0.2) is 48.5 Å². The molecular weight excluding hydrogens is 530 g/mol. The molecule has 0 saturated heterocycles. The molecular formula is C27H22Cl2F3NO4. The highest BCUT2D eigenvalue weighted by atomic mass is 35.5. The zero-order chi connectivity index (χ0) is 27.7. The van der Waals surface area contributed by atoms with E-state index in [4.69, 9.17) is 27.9 Å². The number of benzene rings is 3. The molecule has 0 aliphatic heterocycles. The van der Waals surface area contributed by atoms with Crippen molar-refractivity contribution >= 4 is 29.2 Å². The third-order valence-corrected chi connectivity index (χ3v) is 6.80. The molecule has 194 valence electrons. The molecule has 10 heteroatoms. The number of aliphatic hydroxyl groups is 1. The number of esters is 1. The molecule has 0 heterocycles. The van der Waals surface area contributed by atoms with Gasteiger partial charge in [0.05, 0.1) is 29.3 Å². The summed E-state index contributed by atoms with van der Waals surface area (Å²) in [6.45, 7) is 4.25. The van der Waals surface area contributed by atoms with E-state index < -0.39 is 29.2 Å². The van der Waals surface area contributed by atoms with Crippen molar-refractivity contribution < 1.29 is 32.5 Å². The minimum absolute atomic E-state index is 0.0348. The van der Waals surface area contributed by atoms with Crippen LogP contribution in [-0.4, -0.2) is 24.4 Å². The van der Waals surface area contributed by atoms with Crippen LogP contribution >= 0.6 is 23.2 Å². The monoisotopic (exact) mass is 551 g/mol. The number of halogens is 5. The zero-order valence-corrected chi connectivity index (χ0v) is 21.7. The molecule has 0 radical (unpaired) electrons. The average Bonchev–Trinajstić information content (AvgIpc) is 2.82. The van der Waals surface area contributed by atoms with E-state index in [9.17, 15) is 28.3 Å². The lowest BCUT2D eigenvalue weighted by atomic mass is 9.76. The summed E-state index contributed by atoms with van der Waals surface area (Å²) in [6, 6.07) is 12.6. The van der Waals surface area contributed by atoms with E-state index in [1.54, 1.807) is 0 Å². The van der Waals surface area contributed by atoms with Crippen LogP contribution in [0.1, 0.15) is 51.0 Å². The second-order valence-corrected chi connectivity index (χ2v) is 9.32. The lowest BCUT2D eigenvalue weighted by molar-refractivity contribution is -0.274. The summed E-state index contributed by atoms with van der Waals surface area (Å²) in [4.78, 5) is 11.7. The van der Waals surface area contributed by atoms with Crippen molar-refractivity contribution in [1.29, 1.82) is 5.26 Å². The van der Waals surface area contributed by atoms with Crippen LogP contribution < -0.4 is 4.74 Å². The molecule has 0 unspecified atom stereocenters. The SMILES string of the molecule is COC(=O)c1ccc(Oc2ccc([C@H](C)[C@](O)(c3cc(C)c(C#N)c(C)c3)C(F)(F)F)c(Cl)c2)cc1Cl. The Balaban J connectivity index is 1.99. The third-order valence-electron chi connectivity index (χ3n) is 6.16. The first-order valence-electron chi connectivity index (χ1n) is 10.9. The topological polar surface area (TPSA) is 79.6 Å². The van der Waals surface area contributed by atoms with E-state index in [2.05, 4.69) is 4.74 Å². The van der Waals surface area contributed by atoms with Crippen molar-refractivity contribution in [1.82, 2.24) is 0 Å². The van der Waals surface area contributed by atoms with Gasteiger partial charge in [0.1, 0.15) is 11.5 Å². The molecule has 5 nitrogen and oxygen atoms in total. The Kier molecular flexibility index (Phi) is 8.13. The minimum Gasteiger partial charge on any atom is -0.465 e. The molecule has 0 amide bonds. The molecule has 0 bridgehead atoms. The van der Waals surface area contributed by atoms with Gasteiger partial charge in [-0.2, -0.15) is 18.4 Å². The van der Waals surface area contributed by atoms with Gasteiger partial charge in [0.25, 0.3) is 0 Å². The van der Waals surface area contributed by atoms with Gasteiger partial charge in [0.2, 0.25) is 0 Å². The molecule has 0 saturated carbocycles. The molecule has 3 aromatic rings. The van der Waals surface area contributed by atoms with E-state index >= 15 is 0 Å². The van der Waals surface area contributed by atoms with Gasteiger partial charge >= 0.3 is 12.1 Å². The maximum atomic E-state index is 14.4. The molecule has 0 fully saturated rings. The van der Waals surface area contributed by atoms with Crippen molar-refractivity contribution in [2.75, 3.05) is 7.11 Å². The van der Waals surface area contributed by atoms with Gasteiger partial charge in [-0.25, -0.2) is 4.79 Å². The van der Waals surface area contributed by atoms with Gasteiger partial charge in [-0.05, 0) is 60.4 Å². The number of hydrogen-bond acceptors (Lipinski definition) is 5. The predicted molar refractivity (Wildman–Crippen MR) is 133 cm³/mol. The van der Waals surface area contributed by atoms with Gasteiger partial charge in [-0.1, -0.05) is 48.3 Å². The Bertz CT molecular complexity index is 1380. The number of carbonyl (C=O) groups excluding carboxylic acids is 1. The van der Waals surface area contributed by atoms with E-state index in [1.165, 1.54) is 76.4 Å². The molecule has 37 heavy (non-hydrogen) atoms. The maximum Gasteiger partial charge on any atom is 0.422 e. The Labute approximate surface area is 222 Å². The first-order valence-corrected chi connectivity index (χ1v) is 11.7. The van der Waals surface area contributed by atoms with Crippen LogP contribution in [-0.2, 0) is 10.3 Å². The predicted octanol–water partition coefficient (Wildman–Crippen LogP) is 7.61. The van der Waals surface area contributed by atoms with Crippen molar-refractivity contribution in [2.45, 2.75) is 38.5 Å². The van der Waals surface area contributed by atoms with Gasteiger partial charge in [-0.15, -0.1) is 0 Å². The summed E-state index contributed by atoms with van der Waals surface area (Å²) in [6.07, 6.45) is -5.06. The second kappa shape index (κ2) is 10.6. The highest BCUT2D eigenvalue weighted by Crippen LogP contribution is 2.50. The number of nitrogens with zero attached hydrogens (tertiary/aromatic N) is 1. The maximum absolute atomic E-state index is 14.4. The molecule has 0 aliphatic rings. The number of aryl methyl sites for hydroxylation is 2.